The third-order valence-electron chi connectivity index (χ3n) is 3.50. The molecule has 1 aliphatic carbocycles. The number of nitrogens with one attached hydrogen (secondary N) is 1. The molecule has 1 heterocycles. The lowest BCUT2D eigenvalue weighted by molar-refractivity contribution is 0.579. The van der Waals surface area contributed by atoms with Gasteiger partial charge in [-0.1, -0.05) is 23.7 Å². The van der Waals surface area contributed by atoms with Gasteiger partial charge in [0.05, 0.1) is 5.51 Å². The SMILES string of the molecule is Clc1ccc(C(CNC2CC2)Cc2cncs2)cc1. The number of rotatable bonds is 6. The Morgan fingerprint density at radius 2 is 2.11 bits per heavy atom. The largest absolute Gasteiger partial charge is 0.313 e. The second kappa shape index (κ2) is 6.04. The van der Waals surface area contributed by atoms with Crippen molar-refractivity contribution in [2.45, 2.75) is 31.2 Å². The minimum absolute atomic E-state index is 0.498. The fourth-order valence-corrected chi connectivity index (χ4v) is 3.03. The lowest BCUT2D eigenvalue weighted by Crippen LogP contribution is -2.24. The van der Waals surface area contributed by atoms with Crippen LogP contribution in [-0.2, 0) is 6.42 Å². The van der Waals surface area contributed by atoms with Gasteiger partial charge in [0, 0.05) is 34.6 Å². The zero-order valence-corrected chi connectivity index (χ0v) is 12.3. The molecule has 1 unspecified atom stereocenters. The molecule has 0 aliphatic heterocycles. The quantitative estimate of drug-likeness (QED) is 0.874. The maximum atomic E-state index is 5.97. The van der Waals surface area contributed by atoms with Gasteiger partial charge in [-0.2, -0.15) is 0 Å². The molecule has 2 aromatic rings. The van der Waals surface area contributed by atoms with E-state index >= 15 is 0 Å². The van der Waals surface area contributed by atoms with Crippen LogP contribution >= 0.6 is 22.9 Å². The summed E-state index contributed by atoms with van der Waals surface area (Å²) < 4.78 is 0. The Kier molecular flexibility index (Phi) is 4.16. The van der Waals surface area contributed by atoms with Crippen molar-refractivity contribution in [3.8, 4) is 0 Å². The highest BCUT2D eigenvalue weighted by molar-refractivity contribution is 7.09. The lowest BCUT2D eigenvalue weighted by Gasteiger charge is -2.17. The first-order valence-electron chi connectivity index (χ1n) is 6.67. The maximum absolute atomic E-state index is 5.97. The van der Waals surface area contributed by atoms with Gasteiger partial charge in [0.25, 0.3) is 0 Å². The Morgan fingerprint density at radius 1 is 1.32 bits per heavy atom. The predicted octanol–water partition coefficient (Wildman–Crippen LogP) is 3.87. The third-order valence-corrected chi connectivity index (χ3v) is 4.56. The summed E-state index contributed by atoms with van der Waals surface area (Å²) in [5.74, 6) is 0.498. The zero-order valence-electron chi connectivity index (χ0n) is 10.7. The Labute approximate surface area is 122 Å². The minimum Gasteiger partial charge on any atom is -0.313 e. The second-order valence-corrected chi connectivity index (χ2v) is 6.51. The maximum Gasteiger partial charge on any atom is 0.0794 e. The number of thiazole rings is 1. The molecule has 0 amide bonds. The summed E-state index contributed by atoms with van der Waals surface area (Å²) in [6.07, 6.45) is 5.68. The van der Waals surface area contributed by atoms with Crippen molar-refractivity contribution in [3.05, 3.63) is 51.4 Å². The standard InChI is InChI=1S/C15H17ClN2S/c16-13-3-1-11(2-4-13)12(8-18-14-5-6-14)7-15-9-17-10-19-15/h1-4,9-10,12,14,18H,5-8H2. The van der Waals surface area contributed by atoms with Gasteiger partial charge in [-0.3, -0.25) is 4.98 Å². The molecule has 0 radical (unpaired) electrons. The summed E-state index contributed by atoms with van der Waals surface area (Å²) >= 11 is 7.71. The Hall–Kier alpha value is -0.900. The van der Waals surface area contributed by atoms with Crippen molar-refractivity contribution < 1.29 is 0 Å². The summed E-state index contributed by atoms with van der Waals surface area (Å²) in [6.45, 7) is 1.03. The van der Waals surface area contributed by atoms with E-state index in [0.29, 0.717) is 5.92 Å². The molecule has 1 atom stereocenters. The van der Waals surface area contributed by atoms with Gasteiger partial charge in [-0.25, -0.2) is 0 Å². The molecular formula is C15H17ClN2S. The van der Waals surface area contributed by atoms with Gasteiger partial charge in [0.2, 0.25) is 0 Å². The molecule has 1 aromatic carbocycles. The van der Waals surface area contributed by atoms with Gasteiger partial charge >= 0.3 is 0 Å². The molecule has 100 valence electrons. The molecule has 1 saturated carbocycles. The molecule has 1 N–H and O–H groups in total. The minimum atomic E-state index is 0.498. The van der Waals surface area contributed by atoms with E-state index in [4.69, 9.17) is 11.6 Å². The van der Waals surface area contributed by atoms with E-state index in [9.17, 15) is 0 Å². The Balaban J connectivity index is 1.71. The highest BCUT2D eigenvalue weighted by Crippen LogP contribution is 2.26. The molecule has 1 aliphatic rings. The van der Waals surface area contributed by atoms with Gasteiger partial charge < -0.3 is 5.32 Å². The number of hydrogen-bond acceptors (Lipinski definition) is 3. The van der Waals surface area contributed by atoms with Crippen molar-refractivity contribution in [1.82, 2.24) is 10.3 Å². The van der Waals surface area contributed by atoms with E-state index in [-0.39, 0.29) is 0 Å². The summed E-state index contributed by atoms with van der Waals surface area (Å²) in [4.78, 5) is 5.51. The van der Waals surface area contributed by atoms with E-state index in [2.05, 4.69) is 22.4 Å². The second-order valence-electron chi connectivity index (χ2n) is 5.10. The average molecular weight is 293 g/mol. The van der Waals surface area contributed by atoms with Crippen molar-refractivity contribution in [3.63, 3.8) is 0 Å². The molecule has 3 rings (SSSR count). The average Bonchev–Trinajstić information content (AvgIpc) is 3.11. The highest BCUT2D eigenvalue weighted by atomic mass is 35.5. The Bertz CT molecular complexity index is 505. The van der Waals surface area contributed by atoms with Crippen LogP contribution in [0.3, 0.4) is 0 Å². The van der Waals surface area contributed by atoms with E-state index in [1.165, 1.54) is 23.3 Å². The van der Waals surface area contributed by atoms with E-state index < -0.39 is 0 Å². The van der Waals surface area contributed by atoms with Crippen LogP contribution in [0, 0.1) is 0 Å². The van der Waals surface area contributed by atoms with Crippen LogP contribution in [-0.4, -0.2) is 17.6 Å². The van der Waals surface area contributed by atoms with Crippen LogP contribution in [0.15, 0.2) is 36.0 Å². The molecular weight excluding hydrogens is 276 g/mol. The number of benzene rings is 1. The van der Waals surface area contributed by atoms with Gasteiger partial charge in [-0.05, 0) is 37.0 Å². The van der Waals surface area contributed by atoms with Crippen LogP contribution in [0.5, 0.6) is 0 Å². The van der Waals surface area contributed by atoms with E-state index in [0.717, 1.165) is 24.0 Å². The van der Waals surface area contributed by atoms with Crippen LogP contribution in [0.1, 0.15) is 29.2 Å². The van der Waals surface area contributed by atoms with Crippen LogP contribution in [0.25, 0.3) is 0 Å². The summed E-state index contributed by atoms with van der Waals surface area (Å²) in [5.41, 5.74) is 3.26. The predicted molar refractivity (Wildman–Crippen MR) is 81.0 cm³/mol. The van der Waals surface area contributed by atoms with Crippen LogP contribution in [0.2, 0.25) is 5.02 Å². The molecule has 1 fully saturated rings. The number of hydrogen-bond donors (Lipinski definition) is 1. The fourth-order valence-electron chi connectivity index (χ4n) is 2.22. The fraction of sp³-hybridized carbons (Fsp3) is 0.400. The van der Waals surface area contributed by atoms with Gasteiger partial charge in [-0.15, -0.1) is 11.3 Å². The first kappa shape index (κ1) is 13.1. The summed E-state index contributed by atoms with van der Waals surface area (Å²) in [5, 5.41) is 4.43. The third kappa shape index (κ3) is 3.78. The smallest absolute Gasteiger partial charge is 0.0794 e. The lowest BCUT2D eigenvalue weighted by atomic mass is 9.95. The van der Waals surface area contributed by atoms with E-state index in [1.807, 2.05) is 23.8 Å². The first-order chi connectivity index (χ1) is 9.31. The summed E-state index contributed by atoms with van der Waals surface area (Å²) in [7, 11) is 0. The van der Waals surface area contributed by atoms with Gasteiger partial charge in [0.15, 0.2) is 0 Å². The van der Waals surface area contributed by atoms with Crippen molar-refractivity contribution in [1.29, 1.82) is 0 Å². The molecule has 19 heavy (non-hydrogen) atoms. The van der Waals surface area contributed by atoms with Crippen LogP contribution < -0.4 is 5.32 Å². The molecule has 4 heteroatoms. The normalized spacial score (nSPS) is 16.5. The molecule has 1 aromatic heterocycles. The first-order valence-corrected chi connectivity index (χ1v) is 7.93. The Morgan fingerprint density at radius 3 is 2.74 bits per heavy atom. The molecule has 0 saturated heterocycles. The van der Waals surface area contributed by atoms with Crippen molar-refractivity contribution in [2.75, 3.05) is 6.54 Å². The highest BCUT2D eigenvalue weighted by Gasteiger charge is 2.22. The van der Waals surface area contributed by atoms with Crippen molar-refractivity contribution in [2.24, 2.45) is 0 Å². The topological polar surface area (TPSA) is 24.9 Å². The number of aromatic nitrogens is 1. The van der Waals surface area contributed by atoms with E-state index in [1.54, 1.807) is 11.3 Å². The van der Waals surface area contributed by atoms with Crippen LogP contribution in [0.4, 0.5) is 0 Å². The molecule has 0 spiro atoms. The number of nitrogens with zero attached hydrogens (tertiary/aromatic N) is 1. The zero-order chi connectivity index (χ0) is 13.1. The monoisotopic (exact) mass is 292 g/mol. The number of halogens is 1. The van der Waals surface area contributed by atoms with Gasteiger partial charge in [0.1, 0.15) is 0 Å². The summed E-state index contributed by atoms with van der Waals surface area (Å²) in [6, 6.07) is 8.99. The molecule has 0 bridgehead atoms. The molecule has 2 nitrogen and oxygen atoms in total. The van der Waals surface area contributed by atoms with Crippen molar-refractivity contribution >= 4 is 22.9 Å².